The number of phosphoric acid groups is 1. The van der Waals surface area contributed by atoms with Crippen molar-refractivity contribution in [1.29, 1.82) is 0 Å². The van der Waals surface area contributed by atoms with Crippen LogP contribution in [0.3, 0.4) is 0 Å². The molecule has 0 aliphatic rings. The molecule has 0 radical (unpaired) electrons. The van der Waals surface area contributed by atoms with Crippen molar-refractivity contribution in [3.8, 4) is 22.4 Å². The van der Waals surface area contributed by atoms with E-state index in [9.17, 15) is 8.42 Å². The molecule has 8 nitrogen and oxygen atoms in total. The SMILES string of the molecule is Cc1ccc(-c2ncc(Cl)cc2-c2ccc(S(C)(=O)=O)cc2)cn1.O=P(O)(O)O. The fourth-order valence-corrected chi connectivity index (χ4v) is 3.17. The number of benzene rings is 1. The van der Waals surface area contributed by atoms with Crippen LogP contribution in [0.1, 0.15) is 5.69 Å². The second-order valence-electron chi connectivity index (χ2n) is 6.05. The number of rotatable bonds is 3. The predicted molar refractivity (Wildman–Crippen MR) is 110 cm³/mol. The van der Waals surface area contributed by atoms with Crippen LogP contribution in [0.2, 0.25) is 5.02 Å². The van der Waals surface area contributed by atoms with E-state index in [-0.39, 0.29) is 4.90 Å². The van der Waals surface area contributed by atoms with Crippen molar-refractivity contribution in [2.75, 3.05) is 6.26 Å². The molecule has 29 heavy (non-hydrogen) atoms. The summed E-state index contributed by atoms with van der Waals surface area (Å²) in [7, 11) is -7.87. The lowest BCUT2D eigenvalue weighted by atomic mass is 10.0. The molecule has 0 saturated carbocycles. The fraction of sp³-hybridized carbons (Fsp3) is 0.111. The van der Waals surface area contributed by atoms with Gasteiger partial charge in [0.1, 0.15) is 0 Å². The summed E-state index contributed by atoms with van der Waals surface area (Å²) in [5.74, 6) is 0. The van der Waals surface area contributed by atoms with Crippen LogP contribution in [0, 0.1) is 6.92 Å². The van der Waals surface area contributed by atoms with Crippen molar-refractivity contribution in [3.63, 3.8) is 0 Å². The zero-order valence-electron chi connectivity index (χ0n) is 15.4. The van der Waals surface area contributed by atoms with E-state index in [0.29, 0.717) is 5.02 Å². The lowest BCUT2D eigenvalue weighted by molar-refractivity contribution is 0.275. The Kier molecular flexibility index (Phi) is 7.29. The maximum atomic E-state index is 11.6. The summed E-state index contributed by atoms with van der Waals surface area (Å²) >= 11 is 6.11. The van der Waals surface area contributed by atoms with Crippen molar-refractivity contribution in [3.05, 3.63) is 65.6 Å². The van der Waals surface area contributed by atoms with Crippen LogP contribution in [0.25, 0.3) is 22.4 Å². The van der Waals surface area contributed by atoms with Crippen molar-refractivity contribution in [2.45, 2.75) is 11.8 Å². The van der Waals surface area contributed by atoms with Gasteiger partial charge in [-0.2, -0.15) is 0 Å². The van der Waals surface area contributed by atoms with Crippen molar-refractivity contribution < 1.29 is 27.7 Å². The number of aromatic nitrogens is 2. The second kappa shape index (κ2) is 9.13. The Bertz CT molecular complexity index is 1140. The summed E-state index contributed by atoms with van der Waals surface area (Å²) in [6, 6.07) is 12.4. The van der Waals surface area contributed by atoms with Crippen LogP contribution in [0.15, 0.2) is 59.8 Å². The van der Waals surface area contributed by atoms with Gasteiger partial charge in [0.05, 0.1) is 15.6 Å². The fourth-order valence-electron chi connectivity index (χ4n) is 2.38. The second-order valence-corrected chi connectivity index (χ2v) is 9.53. The van der Waals surface area contributed by atoms with Gasteiger partial charge in [-0.05, 0) is 42.8 Å². The molecular weight excluding hydrogens is 439 g/mol. The topological polar surface area (TPSA) is 138 Å². The first-order chi connectivity index (χ1) is 13.3. The number of nitrogens with zero attached hydrogens (tertiary/aromatic N) is 2. The van der Waals surface area contributed by atoms with Gasteiger partial charge in [-0.15, -0.1) is 0 Å². The van der Waals surface area contributed by atoms with Gasteiger partial charge in [0.2, 0.25) is 0 Å². The highest BCUT2D eigenvalue weighted by atomic mass is 35.5. The molecular formula is C18H18ClN2O6PS. The van der Waals surface area contributed by atoms with E-state index >= 15 is 0 Å². The molecule has 0 fully saturated rings. The Morgan fingerprint density at radius 3 is 1.97 bits per heavy atom. The van der Waals surface area contributed by atoms with E-state index in [2.05, 4.69) is 9.97 Å². The average molecular weight is 457 g/mol. The quantitative estimate of drug-likeness (QED) is 0.510. The number of aryl methyl sites for hydroxylation is 1. The van der Waals surface area contributed by atoms with Gasteiger partial charge in [0, 0.05) is 35.5 Å². The summed E-state index contributed by atoms with van der Waals surface area (Å²) < 4.78 is 32.1. The zero-order valence-corrected chi connectivity index (χ0v) is 17.9. The van der Waals surface area contributed by atoms with E-state index in [1.165, 1.54) is 6.26 Å². The predicted octanol–water partition coefficient (Wildman–Crippen LogP) is 3.25. The molecule has 0 amide bonds. The molecule has 3 aromatic rings. The van der Waals surface area contributed by atoms with Crippen molar-refractivity contribution in [2.24, 2.45) is 0 Å². The number of hydrogen-bond donors (Lipinski definition) is 3. The monoisotopic (exact) mass is 456 g/mol. The Hall–Kier alpha value is -2.13. The molecule has 154 valence electrons. The minimum atomic E-state index is -4.64. The molecule has 3 N–H and O–H groups in total. The lowest BCUT2D eigenvalue weighted by Crippen LogP contribution is -1.97. The maximum Gasteiger partial charge on any atom is 0.466 e. The highest BCUT2D eigenvalue weighted by molar-refractivity contribution is 7.90. The van der Waals surface area contributed by atoms with Gasteiger partial charge < -0.3 is 14.7 Å². The summed E-state index contributed by atoms with van der Waals surface area (Å²) in [4.78, 5) is 30.6. The smallest absolute Gasteiger partial charge is 0.303 e. The third kappa shape index (κ3) is 7.32. The Labute approximate surface area is 173 Å². The molecule has 0 aliphatic heterocycles. The van der Waals surface area contributed by atoms with Crippen molar-refractivity contribution >= 4 is 29.3 Å². The number of halogens is 1. The molecule has 0 saturated heterocycles. The van der Waals surface area contributed by atoms with Gasteiger partial charge in [0.25, 0.3) is 0 Å². The van der Waals surface area contributed by atoms with Gasteiger partial charge in [0.15, 0.2) is 9.84 Å². The zero-order chi connectivity index (χ0) is 21.8. The van der Waals surface area contributed by atoms with Crippen LogP contribution in [-0.4, -0.2) is 39.3 Å². The highest BCUT2D eigenvalue weighted by Gasteiger charge is 2.12. The minimum Gasteiger partial charge on any atom is -0.303 e. The van der Waals surface area contributed by atoms with Crippen LogP contribution in [-0.2, 0) is 14.4 Å². The van der Waals surface area contributed by atoms with Crippen LogP contribution in [0.4, 0.5) is 0 Å². The van der Waals surface area contributed by atoms with Gasteiger partial charge in [-0.1, -0.05) is 23.7 Å². The first-order valence-corrected chi connectivity index (χ1v) is 11.9. The molecule has 0 unspecified atom stereocenters. The molecule has 3 rings (SSSR count). The molecule has 2 aromatic heterocycles. The van der Waals surface area contributed by atoms with E-state index in [1.807, 2.05) is 25.1 Å². The summed E-state index contributed by atoms with van der Waals surface area (Å²) in [5.41, 5.74) is 4.21. The molecule has 0 aliphatic carbocycles. The van der Waals surface area contributed by atoms with E-state index in [1.54, 1.807) is 36.7 Å². The number of sulfone groups is 1. The third-order valence-corrected chi connectivity index (χ3v) is 4.97. The Morgan fingerprint density at radius 2 is 1.48 bits per heavy atom. The Morgan fingerprint density at radius 1 is 0.931 bits per heavy atom. The summed E-state index contributed by atoms with van der Waals surface area (Å²) in [5, 5.41) is 0.515. The van der Waals surface area contributed by atoms with Crippen molar-refractivity contribution in [1.82, 2.24) is 9.97 Å². The highest BCUT2D eigenvalue weighted by Crippen LogP contribution is 2.32. The van der Waals surface area contributed by atoms with Crippen LogP contribution < -0.4 is 0 Å². The van der Waals surface area contributed by atoms with Gasteiger partial charge >= 0.3 is 7.82 Å². The molecule has 2 heterocycles. The molecule has 11 heteroatoms. The average Bonchev–Trinajstić information content (AvgIpc) is 2.60. The normalized spacial score (nSPS) is 11.5. The molecule has 1 aromatic carbocycles. The standard InChI is InChI=1S/C18H15ClN2O2S.H3O4P/c1-12-3-4-14(10-20-12)18-17(9-15(19)11-21-18)13-5-7-16(8-6-13)24(2,22)23;1-5(2,3)4/h3-11H,1-2H3;(H3,1,2,3,4). The Balaban J connectivity index is 0.000000537. The largest absolute Gasteiger partial charge is 0.466 e. The number of hydrogen-bond acceptors (Lipinski definition) is 5. The van der Waals surface area contributed by atoms with E-state index < -0.39 is 17.7 Å². The van der Waals surface area contributed by atoms with Crippen LogP contribution in [0.5, 0.6) is 0 Å². The maximum absolute atomic E-state index is 11.6. The number of pyridine rings is 2. The van der Waals surface area contributed by atoms with E-state index in [0.717, 1.165) is 28.1 Å². The molecule has 0 bridgehead atoms. The first kappa shape index (κ1) is 23.2. The summed E-state index contributed by atoms with van der Waals surface area (Å²) in [6.45, 7) is 1.92. The lowest BCUT2D eigenvalue weighted by Gasteiger charge is -2.10. The first-order valence-electron chi connectivity index (χ1n) is 8.02. The summed E-state index contributed by atoms with van der Waals surface area (Å²) in [6.07, 6.45) is 4.54. The minimum absolute atomic E-state index is 0.278. The molecule has 0 atom stereocenters. The third-order valence-electron chi connectivity index (χ3n) is 3.63. The van der Waals surface area contributed by atoms with Crippen LogP contribution >= 0.6 is 19.4 Å². The molecule has 0 spiro atoms. The van der Waals surface area contributed by atoms with Gasteiger partial charge in [-0.25, -0.2) is 13.0 Å². The van der Waals surface area contributed by atoms with Gasteiger partial charge in [-0.3, -0.25) is 9.97 Å². The van der Waals surface area contributed by atoms with E-state index in [4.69, 9.17) is 30.8 Å².